The predicted octanol–water partition coefficient (Wildman–Crippen LogP) is 2.39. The third-order valence-corrected chi connectivity index (χ3v) is 3.21. The summed E-state index contributed by atoms with van der Waals surface area (Å²) >= 11 is 0. The lowest BCUT2D eigenvalue weighted by atomic mass is 10.1. The van der Waals surface area contributed by atoms with Gasteiger partial charge in [0.05, 0.1) is 6.26 Å². The Morgan fingerprint density at radius 2 is 2.11 bits per heavy atom. The van der Waals surface area contributed by atoms with E-state index < -0.39 is 0 Å². The van der Waals surface area contributed by atoms with E-state index in [1.165, 1.54) is 11.1 Å². The van der Waals surface area contributed by atoms with Crippen LogP contribution in [0.1, 0.15) is 22.5 Å². The summed E-state index contributed by atoms with van der Waals surface area (Å²) in [6, 6.07) is 3.98. The smallest absolute Gasteiger partial charge is 0.133 e. The number of rotatable bonds is 4. The van der Waals surface area contributed by atoms with Gasteiger partial charge in [0.1, 0.15) is 11.6 Å². The van der Waals surface area contributed by atoms with Crippen LogP contribution < -0.4 is 10.6 Å². The van der Waals surface area contributed by atoms with Crippen molar-refractivity contribution in [1.29, 1.82) is 0 Å². The number of furan rings is 1. The molecule has 0 aromatic carbocycles. The summed E-state index contributed by atoms with van der Waals surface area (Å²) in [4.78, 5) is 6.54. The Kier molecular flexibility index (Phi) is 3.67. The minimum atomic E-state index is 0.504. The molecular weight excluding hydrogens is 226 g/mol. The Bertz CT molecular complexity index is 534. The molecule has 0 unspecified atom stereocenters. The highest BCUT2D eigenvalue weighted by Gasteiger charge is 2.12. The molecule has 0 spiro atoms. The van der Waals surface area contributed by atoms with E-state index in [1.807, 2.05) is 32.3 Å². The molecule has 2 aromatic rings. The predicted molar refractivity (Wildman–Crippen MR) is 72.4 cm³/mol. The molecule has 0 bridgehead atoms. The standard InChI is InChI=1S/C14H19N3O/c1-10-4-6-16-14(13(10)8-15)17(3)9-12-5-7-18-11(12)2/h4-7H,8-9,15H2,1-3H3. The van der Waals surface area contributed by atoms with E-state index in [9.17, 15) is 0 Å². The van der Waals surface area contributed by atoms with Gasteiger partial charge in [0.2, 0.25) is 0 Å². The van der Waals surface area contributed by atoms with Gasteiger partial charge in [-0.05, 0) is 31.5 Å². The molecule has 0 aliphatic heterocycles. The molecular formula is C14H19N3O. The molecule has 0 saturated carbocycles. The first-order chi connectivity index (χ1) is 8.63. The molecule has 0 saturated heterocycles. The maximum absolute atomic E-state index is 5.81. The second-order valence-corrected chi connectivity index (χ2v) is 4.49. The average molecular weight is 245 g/mol. The highest BCUT2D eigenvalue weighted by molar-refractivity contribution is 5.50. The minimum absolute atomic E-state index is 0.504. The number of anilines is 1. The topological polar surface area (TPSA) is 55.3 Å². The summed E-state index contributed by atoms with van der Waals surface area (Å²) in [6.45, 7) is 5.30. The van der Waals surface area contributed by atoms with Gasteiger partial charge in [0, 0.05) is 37.5 Å². The fourth-order valence-corrected chi connectivity index (χ4v) is 2.06. The van der Waals surface area contributed by atoms with Crippen LogP contribution in [0.5, 0.6) is 0 Å². The first kappa shape index (κ1) is 12.6. The van der Waals surface area contributed by atoms with Crippen molar-refractivity contribution >= 4 is 5.82 Å². The van der Waals surface area contributed by atoms with Crippen LogP contribution in [0.3, 0.4) is 0 Å². The second kappa shape index (κ2) is 5.23. The van der Waals surface area contributed by atoms with Crippen molar-refractivity contribution in [3.8, 4) is 0 Å². The van der Waals surface area contributed by atoms with Gasteiger partial charge in [-0.2, -0.15) is 0 Å². The summed E-state index contributed by atoms with van der Waals surface area (Å²) in [5, 5.41) is 0. The highest BCUT2D eigenvalue weighted by Crippen LogP contribution is 2.22. The van der Waals surface area contributed by atoms with E-state index in [2.05, 4.69) is 16.8 Å². The van der Waals surface area contributed by atoms with E-state index in [4.69, 9.17) is 10.2 Å². The summed E-state index contributed by atoms with van der Waals surface area (Å²) in [5.74, 6) is 1.89. The first-order valence-corrected chi connectivity index (χ1v) is 6.02. The van der Waals surface area contributed by atoms with Gasteiger partial charge in [-0.25, -0.2) is 4.98 Å². The number of hydrogen-bond acceptors (Lipinski definition) is 4. The zero-order valence-corrected chi connectivity index (χ0v) is 11.1. The van der Waals surface area contributed by atoms with Crippen molar-refractivity contribution < 1.29 is 4.42 Å². The van der Waals surface area contributed by atoms with Crippen molar-refractivity contribution in [2.45, 2.75) is 26.9 Å². The maximum Gasteiger partial charge on any atom is 0.133 e. The number of aromatic nitrogens is 1. The quantitative estimate of drug-likeness (QED) is 0.898. The minimum Gasteiger partial charge on any atom is -0.469 e. The number of hydrogen-bond donors (Lipinski definition) is 1. The van der Waals surface area contributed by atoms with Gasteiger partial charge in [-0.15, -0.1) is 0 Å². The van der Waals surface area contributed by atoms with E-state index in [0.29, 0.717) is 6.54 Å². The first-order valence-electron chi connectivity index (χ1n) is 6.02. The third kappa shape index (κ3) is 2.38. The van der Waals surface area contributed by atoms with Crippen LogP contribution in [0.15, 0.2) is 29.0 Å². The Morgan fingerprint density at radius 1 is 1.33 bits per heavy atom. The van der Waals surface area contributed by atoms with E-state index in [0.717, 1.165) is 23.7 Å². The Morgan fingerprint density at radius 3 is 2.72 bits per heavy atom. The lowest BCUT2D eigenvalue weighted by molar-refractivity contribution is 0.529. The lowest BCUT2D eigenvalue weighted by Gasteiger charge is -2.21. The van der Waals surface area contributed by atoms with Gasteiger partial charge < -0.3 is 15.1 Å². The van der Waals surface area contributed by atoms with Gasteiger partial charge in [0.15, 0.2) is 0 Å². The molecule has 0 aliphatic rings. The van der Waals surface area contributed by atoms with Crippen LogP contribution in [0, 0.1) is 13.8 Å². The molecule has 4 nitrogen and oxygen atoms in total. The Labute approximate surface area is 107 Å². The molecule has 4 heteroatoms. The van der Waals surface area contributed by atoms with Gasteiger partial charge in [-0.3, -0.25) is 0 Å². The van der Waals surface area contributed by atoms with Gasteiger partial charge >= 0.3 is 0 Å². The monoisotopic (exact) mass is 245 g/mol. The van der Waals surface area contributed by atoms with Crippen LogP contribution in [0.4, 0.5) is 5.82 Å². The second-order valence-electron chi connectivity index (χ2n) is 4.49. The number of nitrogens with zero attached hydrogens (tertiary/aromatic N) is 2. The zero-order chi connectivity index (χ0) is 13.1. The summed E-state index contributed by atoms with van der Waals surface area (Å²) < 4.78 is 5.31. The van der Waals surface area contributed by atoms with E-state index >= 15 is 0 Å². The molecule has 0 aliphatic carbocycles. The van der Waals surface area contributed by atoms with E-state index in [1.54, 1.807) is 6.26 Å². The molecule has 2 heterocycles. The molecule has 0 fully saturated rings. The van der Waals surface area contributed by atoms with Crippen LogP contribution in [0.25, 0.3) is 0 Å². The SMILES string of the molecule is Cc1ccnc(N(C)Cc2ccoc2C)c1CN. The molecule has 0 amide bonds. The van der Waals surface area contributed by atoms with Crippen molar-refractivity contribution in [2.75, 3.05) is 11.9 Å². The van der Waals surface area contributed by atoms with E-state index in [-0.39, 0.29) is 0 Å². The summed E-state index contributed by atoms with van der Waals surface area (Å²) in [6.07, 6.45) is 3.54. The van der Waals surface area contributed by atoms with Gasteiger partial charge in [0.25, 0.3) is 0 Å². The number of aryl methyl sites for hydroxylation is 2. The van der Waals surface area contributed by atoms with Gasteiger partial charge in [-0.1, -0.05) is 0 Å². The molecule has 0 atom stereocenters. The van der Waals surface area contributed by atoms with Crippen LogP contribution in [-0.2, 0) is 13.1 Å². The molecule has 0 radical (unpaired) electrons. The van der Waals surface area contributed by atoms with Crippen LogP contribution in [0.2, 0.25) is 0 Å². The summed E-state index contributed by atoms with van der Waals surface area (Å²) in [7, 11) is 2.02. The lowest BCUT2D eigenvalue weighted by Crippen LogP contribution is -2.21. The van der Waals surface area contributed by atoms with Crippen molar-refractivity contribution in [3.05, 3.63) is 47.0 Å². The maximum atomic E-state index is 5.81. The third-order valence-electron chi connectivity index (χ3n) is 3.21. The van der Waals surface area contributed by atoms with Crippen LogP contribution in [-0.4, -0.2) is 12.0 Å². The average Bonchev–Trinajstić information content (AvgIpc) is 2.74. The normalized spacial score (nSPS) is 10.7. The number of pyridine rings is 1. The molecule has 18 heavy (non-hydrogen) atoms. The Hall–Kier alpha value is -1.81. The fraction of sp³-hybridized carbons (Fsp3) is 0.357. The van der Waals surface area contributed by atoms with Crippen LogP contribution >= 0.6 is 0 Å². The zero-order valence-electron chi connectivity index (χ0n) is 11.1. The summed E-state index contributed by atoms with van der Waals surface area (Å²) in [5.41, 5.74) is 9.25. The number of nitrogens with two attached hydrogens (primary N) is 1. The molecule has 2 aromatic heterocycles. The molecule has 2 N–H and O–H groups in total. The van der Waals surface area contributed by atoms with Crippen molar-refractivity contribution in [2.24, 2.45) is 5.73 Å². The molecule has 96 valence electrons. The van der Waals surface area contributed by atoms with Crippen molar-refractivity contribution in [3.63, 3.8) is 0 Å². The fourth-order valence-electron chi connectivity index (χ4n) is 2.06. The van der Waals surface area contributed by atoms with Crippen molar-refractivity contribution in [1.82, 2.24) is 4.98 Å². The Balaban J connectivity index is 2.26. The largest absolute Gasteiger partial charge is 0.469 e. The highest BCUT2D eigenvalue weighted by atomic mass is 16.3. The molecule has 2 rings (SSSR count).